The Morgan fingerprint density at radius 2 is 1.90 bits per heavy atom. The first-order valence-electron chi connectivity index (χ1n) is 7.44. The smallest absolute Gasteiger partial charge is 0.0951 e. The molecule has 1 heterocycles. The van der Waals surface area contributed by atoms with Gasteiger partial charge in [0, 0.05) is 18.8 Å². The Labute approximate surface area is 121 Å². The van der Waals surface area contributed by atoms with Gasteiger partial charge in [0.15, 0.2) is 0 Å². The molecule has 0 aliphatic rings. The van der Waals surface area contributed by atoms with Crippen molar-refractivity contribution < 1.29 is 0 Å². The van der Waals surface area contributed by atoms with Crippen molar-refractivity contribution in [3.05, 3.63) is 53.6 Å². The highest BCUT2D eigenvalue weighted by molar-refractivity contribution is 5.27. The van der Waals surface area contributed by atoms with Crippen molar-refractivity contribution in [3.63, 3.8) is 0 Å². The summed E-state index contributed by atoms with van der Waals surface area (Å²) in [4.78, 5) is 4.29. The fraction of sp³-hybridized carbons (Fsp3) is 0.471. The Kier molecular flexibility index (Phi) is 4.96. The molecule has 0 saturated carbocycles. The predicted octanol–water partition coefficient (Wildman–Crippen LogP) is 3.54. The molecule has 0 radical (unpaired) electrons. The summed E-state index contributed by atoms with van der Waals surface area (Å²) in [6.45, 7) is 7.45. The summed E-state index contributed by atoms with van der Waals surface area (Å²) >= 11 is 0. The second kappa shape index (κ2) is 6.71. The van der Waals surface area contributed by atoms with Gasteiger partial charge in [-0.25, -0.2) is 4.98 Å². The highest BCUT2D eigenvalue weighted by Crippen LogP contribution is 2.20. The average molecular weight is 271 g/mol. The lowest BCUT2D eigenvalue weighted by Gasteiger charge is -2.17. The van der Waals surface area contributed by atoms with Gasteiger partial charge in [0.2, 0.25) is 0 Å². The van der Waals surface area contributed by atoms with Gasteiger partial charge in [-0.15, -0.1) is 0 Å². The zero-order valence-corrected chi connectivity index (χ0v) is 12.7. The molecular weight excluding hydrogens is 246 g/mol. The normalized spacial score (nSPS) is 12.8. The topological polar surface area (TPSA) is 43.8 Å². The van der Waals surface area contributed by atoms with E-state index < -0.39 is 0 Å². The molecule has 0 amide bonds. The molecule has 2 rings (SSSR count). The van der Waals surface area contributed by atoms with Gasteiger partial charge in [0.05, 0.1) is 12.0 Å². The van der Waals surface area contributed by atoms with Crippen molar-refractivity contribution >= 4 is 0 Å². The van der Waals surface area contributed by atoms with Crippen LogP contribution in [0.4, 0.5) is 0 Å². The molecule has 0 bridgehead atoms. The fourth-order valence-corrected chi connectivity index (χ4v) is 2.64. The van der Waals surface area contributed by atoms with Gasteiger partial charge in [-0.05, 0) is 29.9 Å². The van der Waals surface area contributed by atoms with Crippen LogP contribution in [-0.4, -0.2) is 9.55 Å². The van der Waals surface area contributed by atoms with E-state index in [1.165, 1.54) is 11.1 Å². The summed E-state index contributed by atoms with van der Waals surface area (Å²) in [7, 11) is 0. The highest BCUT2D eigenvalue weighted by atomic mass is 15.1. The van der Waals surface area contributed by atoms with E-state index >= 15 is 0 Å². The van der Waals surface area contributed by atoms with E-state index in [1.807, 2.05) is 12.5 Å². The zero-order chi connectivity index (χ0) is 14.5. The monoisotopic (exact) mass is 271 g/mol. The highest BCUT2D eigenvalue weighted by Gasteiger charge is 2.14. The van der Waals surface area contributed by atoms with Crippen LogP contribution in [0.2, 0.25) is 0 Å². The Morgan fingerprint density at radius 1 is 1.20 bits per heavy atom. The van der Waals surface area contributed by atoms with E-state index in [9.17, 15) is 0 Å². The summed E-state index contributed by atoms with van der Waals surface area (Å²) in [6, 6.07) is 8.64. The molecule has 1 atom stereocenters. The molecule has 0 fully saturated rings. The number of aromatic nitrogens is 2. The van der Waals surface area contributed by atoms with Crippen LogP contribution >= 0.6 is 0 Å². The number of aryl methyl sites for hydroxylation is 1. The largest absolute Gasteiger partial charge is 0.329 e. The summed E-state index contributed by atoms with van der Waals surface area (Å²) in [5.41, 5.74) is 10.2. The van der Waals surface area contributed by atoms with Gasteiger partial charge in [-0.3, -0.25) is 0 Å². The van der Waals surface area contributed by atoms with Gasteiger partial charge in [0.25, 0.3) is 0 Å². The predicted molar refractivity (Wildman–Crippen MR) is 83.5 cm³/mol. The molecule has 0 saturated heterocycles. The third-order valence-electron chi connectivity index (χ3n) is 3.69. The second-order valence-corrected chi connectivity index (χ2v) is 5.80. The van der Waals surface area contributed by atoms with Gasteiger partial charge in [0.1, 0.15) is 0 Å². The molecule has 0 aliphatic heterocycles. The molecule has 2 N–H and O–H groups in total. The van der Waals surface area contributed by atoms with Gasteiger partial charge < -0.3 is 10.3 Å². The molecule has 2 aromatic rings. The Morgan fingerprint density at radius 3 is 2.55 bits per heavy atom. The summed E-state index contributed by atoms with van der Waals surface area (Å²) in [5, 5.41) is 0. The number of hydrogen-bond donors (Lipinski definition) is 1. The quantitative estimate of drug-likeness (QED) is 0.873. The maximum Gasteiger partial charge on any atom is 0.0951 e. The summed E-state index contributed by atoms with van der Waals surface area (Å²) in [6.07, 6.45) is 5.84. The van der Waals surface area contributed by atoms with Crippen LogP contribution in [0.15, 0.2) is 36.8 Å². The third-order valence-corrected chi connectivity index (χ3v) is 3.69. The molecule has 1 unspecified atom stereocenters. The van der Waals surface area contributed by atoms with Gasteiger partial charge >= 0.3 is 0 Å². The first-order valence-corrected chi connectivity index (χ1v) is 7.44. The van der Waals surface area contributed by atoms with E-state index in [2.05, 4.69) is 54.6 Å². The maximum absolute atomic E-state index is 6.30. The molecule has 20 heavy (non-hydrogen) atoms. The van der Waals surface area contributed by atoms with Crippen molar-refractivity contribution in [1.82, 2.24) is 9.55 Å². The lowest BCUT2D eigenvalue weighted by molar-refractivity contribution is 0.488. The van der Waals surface area contributed by atoms with E-state index in [4.69, 9.17) is 5.73 Å². The van der Waals surface area contributed by atoms with E-state index in [0.717, 1.165) is 25.1 Å². The number of rotatable bonds is 6. The van der Waals surface area contributed by atoms with Crippen LogP contribution in [0.5, 0.6) is 0 Å². The average Bonchev–Trinajstić information content (AvgIpc) is 2.87. The van der Waals surface area contributed by atoms with Crippen LogP contribution < -0.4 is 5.73 Å². The standard InChI is InChI=1S/C17H25N3/c1-4-14-7-5-6-8-15(14)11-20-12-19-10-17(20)16(18)9-13(2)3/h5-8,10,12-13,16H,4,9,11,18H2,1-3H3. The maximum atomic E-state index is 6.30. The molecule has 0 spiro atoms. The van der Waals surface area contributed by atoms with Crippen LogP contribution in [0.25, 0.3) is 0 Å². The van der Waals surface area contributed by atoms with Gasteiger partial charge in [-0.1, -0.05) is 45.0 Å². The molecule has 3 heteroatoms. The minimum Gasteiger partial charge on any atom is -0.329 e. The molecule has 1 aromatic carbocycles. The number of nitrogens with two attached hydrogens (primary N) is 1. The molecular formula is C17H25N3. The Balaban J connectivity index is 2.20. The Hall–Kier alpha value is -1.61. The lowest BCUT2D eigenvalue weighted by Crippen LogP contribution is -2.18. The molecule has 3 nitrogen and oxygen atoms in total. The zero-order valence-electron chi connectivity index (χ0n) is 12.7. The second-order valence-electron chi connectivity index (χ2n) is 5.80. The lowest BCUT2D eigenvalue weighted by atomic mass is 10.0. The minimum absolute atomic E-state index is 0.0614. The van der Waals surface area contributed by atoms with Crippen molar-refractivity contribution in [2.24, 2.45) is 11.7 Å². The van der Waals surface area contributed by atoms with Crippen LogP contribution in [0.1, 0.15) is 50.1 Å². The molecule has 0 aliphatic carbocycles. The van der Waals surface area contributed by atoms with Crippen molar-refractivity contribution in [1.29, 1.82) is 0 Å². The number of benzene rings is 1. The first kappa shape index (κ1) is 14.8. The van der Waals surface area contributed by atoms with Crippen molar-refractivity contribution in [3.8, 4) is 0 Å². The van der Waals surface area contributed by atoms with Crippen LogP contribution in [0, 0.1) is 5.92 Å². The van der Waals surface area contributed by atoms with E-state index in [1.54, 1.807) is 0 Å². The number of hydrogen-bond acceptors (Lipinski definition) is 2. The van der Waals surface area contributed by atoms with E-state index in [-0.39, 0.29) is 6.04 Å². The first-order chi connectivity index (χ1) is 9.61. The third kappa shape index (κ3) is 3.48. The van der Waals surface area contributed by atoms with Crippen molar-refractivity contribution in [2.45, 2.75) is 46.2 Å². The number of imidazole rings is 1. The van der Waals surface area contributed by atoms with Gasteiger partial charge in [-0.2, -0.15) is 0 Å². The van der Waals surface area contributed by atoms with Crippen LogP contribution in [0.3, 0.4) is 0 Å². The summed E-state index contributed by atoms with van der Waals surface area (Å²) in [5.74, 6) is 0.594. The SMILES string of the molecule is CCc1ccccc1Cn1cncc1C(N)CC(C)C. The van der Waals surface area contributed by atoms with Crippen molar-refractivity contribution in [2.75, 3.05) is 0 Å². The Bertz CT molecular complexity index is 543. The fourth-order valence-electron chi connectivity index (χ4n) is 2.64. The molecule has 108 valence electrons. The minimum atomic E-state index is 0.0614. The number of nitrogens with zero attached hydrogens (tertiary/aromatic N) is 2. The van der Waals surface area contributed by atoms with Crippen LogP contribution in [-0.2, 0) is 13.0 Å². The molecule has 1 aromatic heterocycles. The van der Waals surface area contributed by atoms with E-state index in [0.29, 0.717) is 5.92 Å². The summed E-state index contributed by atoms with van der Waals surface area (Å²) < 4.78 is 2.18.